The van der Waals surface area contributed by atoms with E-state index in [0.717, 1.165) is 28.1 Å². The lowest BCUT2D eigenvalue weighted by atomic mass is 9.95. The summed E-state index contributed by atoms with van der Waals surface area (Å²) in [4.78, 5) is 26.8. The van der Waals surface area contributed by atoms with Crippen molar-refractivity contribution in [2.24, 2.45) is 0 Å². The van der Waals surface area contributed by atoms with Crippen LogP contribution in [-0.4, -0.2) is 35.7 Å². The summed E-state index contributed by atoms with van der Waals surface area (Å²) in [6.07, 6.45) is 0. The normalized spacial score (nSPS) is 15.8. The summed E-state index contributed by atoms with van der Waals surface area (Å²) >= 11 is 5.41. The molecule has 3 rings (SSSR count). The van der Waals surface area contributed by atoms with Gasteiger partial charge in [-0.15, -0.1) is 0 Å². The number of hydrogen-bond donors (Lipinski definition) is 3. The Morgan fingerprint density at radius 3 is 2.44 bits per heavy atom. The number of urea groups is 1. The van der Waals surface area contributed by atoms with Crippen molar-refractivity contribution in [3.63, 3.8) is 0 Å². The van der Waals surface area contributed by atoms with E-state index in [2.05, 4.69) is 16.0 Å². The minimum absolute atomic E-state index is 0.287. The van der Waals surface area contributed by atoms with Gasteiger partial charge in [0.25, 0.3) is 0 Å². The number of nitrogens with one attached hydrogen (secondary N) is 3. The van der Waals surface area contributed by atoms with E-state index in [0.29, 0.717) is 16.4 Å². The summed E-state index contributed by atoms with van der Waals surface area (Å²) in [5.41, 5.74) is 5.62. The van der Waals surface area contributed by atoms with Gasteiger partial charge in [-0.2, -0.15) is 0 Å². The van der Waals surface area contributed by atoms with Gasteiger partial charge in [-0.3, -0.25) is 0 Å². The van der Waals surface area contributed by atoms with Crippen LogP contribution < -0.4 is 16.0 Å². The number of hydrogen-bond acceptors (Lipinski definition) is 4. The Kier molecular flexibility index (Phi) is 7.15. The van der Waals surface area contributed by atoms with Gasteiger partial charge >= 0.3 is 12.0 Å². The number of aryl methyl sites for hydroxylation is 1. The van der Waals surface area contributed by atoms with Gasteiger partial charge in [0.2, 0.25) is 0 Å². The van der Waals surface area contributed by atoms with Crippen LogP contribution in [0.15, 0.2) is 53.7 Å². The van der Waals surface area contributed by atoms with Crippen molar-refractivity contribution in [3.8, 4) is 0 Å². The summed E-state index contributed by atoms with van der Waals surface area (Å²) in [7, 11) is 1.81. The van der Waals surface area contributed by atoms with Crippen LogP contribution in [-0.2, 0) is 9.53 Å². The SMILES string of the molecule is CCOC(=O)C1=C(C)N(C)C(=S)N[C@@H]1c1ccc(NC(=O)Nc2cccc(C)c2C)cc1. The van der Waals surface area contributed by atoms with Gasteiger partial charge < -0.3 is 25.6 Å². The summed E-state index contributed by atoms with van der Waals surface area (Å²) < 4.78 is 5.27. The minimum Gasteiger partial charge on any atom is -0.463 e. The number of carbonyl (C=O) groups excluding carboxylic acids is 2. The lowest BCUT2D eigenvalue weighted by Gasteiger charge is -2.35. The third-order valence-corrected chi connectivity index (χ3v) is 6.00. The molecule has 0 radical (unpaired) electrons. The fraction of sp³-hybridized carbons (Fsp3) is 0.292. The molecule has 0 bridgehead atoms. The topological polar surface area (TPSA) is 82.7 Å². The van der Waals surface area contributed by atoms with Crippen molar-refractivity contribution in [2.75, 3.05) is 24.3 Å². The van der Waals surface area contributed by atoms with E-state index < -0.39 is 6.04 Å². The highest BCUT2D eigenvalue weighted by Gasteiger charge is 2.33. The van der Waals surface area contributed by atoms with E-state index in [1.807, 2.05) is 58.2 Å². The highest BCUT2D eigenvalue weighted by molar-refractivity contribution is 7.80. The molecule has 1 heterocycles. The Bertz CT molecular complexity index is 1080. The van der Waals surface area contributed by atoms with Crippen molar-refractivity contribution in [3.05, 3.63) is 70.4 Å². The van der Waals surface area contributed by atoms with Crippen LogP contribution in [0.4, 0.5) is 16.2 Å². The number of thiocarbonyl (C=S) groups is 1. The molecule has 168 valence electrons. The maximum absolute atomic E-state index is 12.6. The van der Waals surface area contributed by atoms with E-state index in [9.17, 15) is 9.59 Å². The molecule has 1 aliphatic rings. The summed E-state index contributed by atoms with van der Waals surface area (Å²) in [6.45, 7) is 7.88. The molecule has 2 aromatic rings. The van der Waals surface area contributed by atoms with Crippen molar-refractivity contribution >= 4 is 40.7 Å². The van der Waals surface area contributed by atoms with Crippen LogP contribution in [0.25, 0.3) is 0 Å². The molecule has 32 heavy (non-hydrogen) atoms. The highest BCUT2D eigenvalue weighted by atomic mass is 32.1. The van der Waals surface area contributed by atoms with E-state index in [4.69, 9.17) is 17.0 Å². The minimum atomic E-state index is -0.435. The van der Waals surface area contributed by atoms with Gasteiger partial charge in [-0.25, -0.2) is 9.59 Å². The van der Waals surface area contributed by atoms with Gasteiger partial charge in [0.15, 0.2) is 5.11 Å². The first kappa shape index (κ1) is 23.3. The Morgan fingerprint density at radius 1 is 1.09 bits per heavy atom. The molecule has 0 spiro atoms. The second-order valence-electron chi connectivity index (χ2n) is 7.61. The first-order valence-electron chi connectivity index (χ1n) is 10.4. The van der Waals surface area contributed by atoms with Crippen molar-refractivity contribution in [1.29, 1.82) is 0 Å². The van der Waals surface area contributed by atoms with Crippen LogP contribution in [0.3, 0.4) is 0 Å². The lowest BCUT2D eigenvalue weighted by molar-refractivity contribution is -0.139. The number of benzene rings is 2. The van der Waals surface area contributed by atoms with Gasteiger partial charge in [-0.05, 0) is 74.8 Å². The number of anilines is 2. The highest BCUT2D eigenvalue weighted by Crippen LogP contribution is 2.31. The van der Waals surface area contributed by atoms with Crippen LogP contribution in [0.5, 0.6) is 0 Å². The van der Waals surface area contributed by atoms with Gasteiger partial charge in [0.1, 0.15) is 0 Å². The Hall–Kier alpha value is -3.39. The predicted octanol–water partition coefficient (Wildman–Crippen LogP) is 4.65. The number of allylic oxidation sites excluding steroid dienone is 1. The molecule has 0 fully saturated rings. The molecule has 3 N–H and O–H groups in total. The summed E-state index contributed by atoms with van der Waals surface area (Å²) in [5, 5.41) is 9.44. The average Bonchev–Trinajstić information content (AvgIpc) is 2.75. The number of ether oxygens (including phenoxy) is 1. The quantitative estimate of drug-likeness (QED) is 0.453. The van der Waals surface area contributed by atoms with Gasteiger partial charge in [0, 0.05) is 24.1 Å². The molecule has 7 nitrogen and oxygen atoms in total. The fourth-order valence-electron chi connectivity index (χ4n) is 3.49. The van der Waals surface area contributed by atoms with E-state index in [-0.39, 0.29) is 18.6 Å². The monoisotopic (exact) mass is 452 g/mol. The second kappa shape index (κ2) is 9.82. The third-order valence-electron chi connectivity index (χ3n) is 5.60. The van der Waals surface area contributed by atoms with Crippen LogP contribution >= 0.6 is 12.2 Å². The van der Waals surface area contributed by atoms with E-state index in [1.165, 1.54) is 0 Å². The zero-order valence-corrected chi connectivity index (χ0v) is 19.7. The van der Waals surface area contributed by atoms with Crippen LogP contribution in [0, 0.1) is 13.8 Å². The molecular formula is C24H28N4O3S. The van der Waals surface area contributed by atoms with E-state index in [1.54, 1.807) is 24.0 Å². The van der Waals surface area contributed by atoms with E-state index >= 15 is 0 Å². The molecule has 8 heteroatoms. The van der Waals surface area contributed by atoms with Gasteiger partial charge in [-0.1, -0.05) is 24.3 Å². The number of nitrogens with zero attached hydrogens (tertiary/aromatic N) is 1. The molecule has 2 amide bonds. The number of carbonyl (C=O) groups is 2. The number of amides is 2. The first-order valence-corrected chi connectivity index (χ1v) is 10.8. The molecule has 1 aliphatic heterocycles. The molecular weight excluding hydrogens is 424 g/mol. The van der Waals surface area contributed by atoms with Gasteiger partial charge in [0.05, 0.1) is 18.2 Å². The first-order chi connectivity index (χ1) is 15.2. The number of esters is 1. The van der Waals surface area contributed by atoms with Crippen LogP contribution in [0.2, 0.25) is 0 Å². The van der Waals surface area contributed by atoms with Crippen molar-refractivity contribution in [1.82, 2.24) is 10.2 Å². The second-order valence-corrected chi connectivity index (χ2v) is 8.00. The van der Waals surface area contributed by atoms with Crippen LogP contribution in [0.1, 0.15) is 36.6 Å². The third kappa shape index (κ3) is 4.91. The Balaban J connectivity index is 1.78. The zero-order valence-electron chi connectivity index (χ0n) is 18.9. The number of rotatable bonds is 5. The molecule has 0 saturated heterocycles. The summed E-state index contributed by atoms with van der Waals surface area (Å²) in [5.74, 6) is -0.382. The van der Waals surface area contributed by atoms with Crippen molar-refractivity contribution < 1.29 is 14.3 Å². The lowest BCUT2D eigenvalue weighted by Crippen LogP contribution is -2.46. The summed E-state index contributed by atoms with van der Waals surface area (Å²) in [6, 6.07) is 12.3. The molecule has 0 unspecified atom stereocenters. The molecule has 0 saturated carbocycles. The standard InChI is InChI=1S/C24H28N4O3S/c1-6-31-22(29)20-16(4)28(5)24(32)27-21(20)17-10-12-18(13-11-17)25-23(30)26-19-9-7-8-14(2)15(19)3/h7-13,21H,6H2,1-5H3,(H,27,32)(H2,25,26,30)/t21-/m1/s1. The molecule has 1 atom stereocenters. The smallest absolute Gasteiger partial charge is 0.338 e. The Morgan fingerprint density at radius 2 is 1.78 bits per heavy atom. The molecule has 2 aromatic carbocycles. The molecule has 0 aliphatic carbocycles. The Labute approximate surface area is 193 Å². The zero-order chi connectivity index (χ0) is 23.4. The maximum atomic E-state index is 12.6. The average molecular weight is 453 g/mol. The fourth-order valence-corrected chi connectivity index (χ4v) is 3.74. The van der Waals surface area contributed by atoms with Crippen molar-refractivity contribution in [2.45, 2.75) is 33.7 Å². The largest absolute Gasteiger partial charge is 0.463 e. The predicted molar refractivity (Wildman–Crippen MR) is 131 cm³/mol. The maximum Gasteiger partial charge on any atom is 0.338 e. The molecule has 0 aromatic heterocycles.